The van der Waals surface area contributed by atoms with Gasteiger partial charge in [0.1, 0.15) is 24.5 Å². The van der Waals surface area contributed by atoms with Crippen LogP contribution in [0.15, 0.2) is 97.1 Å². The molecule has 0 radical (unpaired) electrons. The van der Waals surface area contributed by atoms with E-state index in [1.54, 1.807) is 24.3 Å². The number of nitrogens with zero attached hydrogens (tertiary/aromatic N) is 1. The SMILES string of the molecule is COC(=O)c1ccc(-c2c(C(C)(C)C=O)n(-c3ccc(F)cc3)c3cccc(OCc4ccccc4)c23)cc1. The summed E-state index contributed by atoms with van der Waals surface area (Å²) >= 11 is 0. The average molecular weight is 522 g/mol. The van der Waals surface area contributed by atoms with Crippen LogP contribution in [-0.2, 0) is 21.6 Å². The van der Waals surface area contributed by atoms with Crippen LogP contribution in [-0.4, -0.2) is 23.9 Å². The minimum atomic E-state index is -0.930. The van der Waals surface area contributed by atoms with Crippen LogP contribution < -0.4 is 4.74 Å². The highest BCUT2D eigenvalue weighted by molar-refractivity contribution is 6.05. The van der Waals surface area contributed by atoms with E-state index >= 15 is 0 Å². The van der Waals surface area contributed by atoms with E-state index in [-0.39, 0.29) is 5.82 Å². The molecule has 5 rings (SSSR count). The molecular formula is C33H28FNO4. The summed E-state index contributed by atoms with van der Waals surface area (Å²) in [5.74, 6) is -0.139. The third-order valence-corrected chi connectivity index (χ3v) is 6.78. The molecule has 0 bridgehead atoms. The number of aldehydes is 1. The molecule has 0 atom stereocenters. The molecule has 0 amide bonds. The van der Waals surface area contributed by atoms with Crippen molar-refractivity contribution in [3.8, 4) is 22.6 Å². The van der Waals surface area contributed by atoms with Crippen LogP contribution in [0.3, 0.4) is 0 Å². The summed E-state index contributed by atoms with van der Waals surface area (Å²) in [7, 11) is 1.34. The molecule has 6 heteroatoms. The van der Waals surface area contributed by atoms with Gasteiger partial charge in [0.05, 0.1) is 29.0 Å². The van der Waals surface area contributed by atoms with Crippen molar-refractivity contribution < 1.29 is 23.5 Å². The van der Waals surface area contributed by atoms with Crippen LogP contribution in [0.1, 0.15) is 35.5 Å². The maximum Gasteiger partial charge on any atom is 0.337 e. The van der Waals surface area contributed by atoms with Crippen LogP contribution in [0.25, 0.3) is 27.7 Å². The second-order valence-corrected chi connectivity index (χ2v) is 9.87. The number of aromatic nitrogens is 1. The monoisotopic (exact) mass is 521 g/mol. The lowest BCUT2D eigenvalue weighted by molar-refractivity contribution is -0.111. The molecule has 4 aromatic carbocycles. The lowest BCUT2D eigenvalue weighted by Gasteiger charge is -2.23. The Morgan fingerprint density at radius 3 is 2.23 bits per heavy atom. The van der Waals surface area contributed by atoms with Crippen molar-refractivity contribution in [1.82, 2.24) is 4.57 Å². The summed E-state index contributed by atoms with van der Waals surface area (Å²) < 4.78 is 27.2. The van der Waals surface area contributed by atoms with Gasteiger partial charge in [-0.25, -0.2) is 9.18 Å². The molecule has 0 fully saturated rings. The largest absolute Gasteiger partial charge is 0.488 e. The molecular weight excluding hydrogens is 493 g/mol. The van der Waals surface area contributed by atoms with Crippen LogP contribution in [0.5, 0.6) is 5.75 Å². The van der Waals surface area contributed by atoms with Gasteiger partial charge >= 0.3 is 5.97 Å². The van der Waals surface area contributed by atoms with Crippen LogP contribution in [0.2, 0.25) is 0 Å². The minimum absolute atomic E-state index is 0.350. The predicted octanol–water partition coefficient (Wildman–Crippen LogP) is 7.28. The van der Waals surface area contributed by atoms with Gasteiger partial charge in [-0.1, -0.05) is 48.5 Å². The van der Waals surface area contributed by atoms with Crippen molar-refractivity contribution in [1.29, 1.82) is 0 Å². The van der Waals surface area contributed by atoms with Crippen LogP contribution in [0.4, 0.5) is 4.39 Å². The lowest BCUT2D eigenvalue weighted by atomic mass is 9.85. The van der Waals surface area contributed by atoms with Gasteiger partial charge < -0.3 is 18.8 Å². The van der Waals surface area contributed by atoms with E-state index < -0.39 is 11.4 Å². The Bertz CT molecular complexity index is 1640. The zero-order valence-corrected chi connectivity index (χ0v) is 22.0. The smallest absolute Gasteiger partial charge is 0.337 e. The third kappa shape index (κ3) is 4.93. The van der Waals surface area contributed by atoms with E-state index in [0.717, 1.165) is 39.6 Å². The highest BCUT2D eigenvalue weighted by Crippen LogP contribution is 2.46. The summed E-state index contributed by atoms with van der Waals surface area (Å²) in [5, 5.41) is 0.813. The van der Waals surface area contributed by atoms with Crippen molar-refractivity contribution in [2.24, 2.45) is 0 Å². The van der Waals surface area contributed by atoms with Crippen LogP contribution >= 0.6 is 0 Å². The number of halogens is 1. The first-order chi connectivity index (χ1) is 18.8. The number of carbonyl (C=O) groups excluding carboxylic acids is 2. The van der Waals surface area contributed by atoms with Crippen molar-refractivity contribution >= 4 is 23.2 Å². The van der Waals surface area contributed by atoms with Gasteiger partial charge in [0, 0.05) is 16.9 Å². The average Bonchev–Trinajstić information content (AvgIpc) is 3.33. The topological polar surface area (TPSA) is 57.5 Å². The molecule has 0 spiro atoms. The molecule has 0 aliphatic heterocycles. The van der Waals surface area contributed by atoms with Gasteiger partial charge in [-0.05, 0) is 73.5 Å². The first-order valence-corrected chi connectivity index (χ1v) is 12.6. The van der Waals surface area contributed by atoms with E-state index in [4.69, 9.17) is 9.47 Å². The summed E-state index contributed by atoms with van der Waals surface area (Å²) in [4.78, 5) is 24.7. The summed E-state index contributed by atoms with van der Waals surface area (Å²) in [6.45, 7) is 4.06. The summed E-state index contributed by atoms with van der Waals surface area (Å²) in [6.07, 6.45) is 0.915. The number of methoxy groups -OCH3 is 1. The number of rotatable bonds is 8. The van der Waals surface area contributed by atoms with E-state index in [2.05, 4.69) is 0 Å². The molecule has 1 aromatic heterocycles. The lowest BCUT2D eigenvalue weighted by Crippen LogP contribution is -2.23. The van der Waals surface area contributed by atoms with E-state index in [0.29, 0.717) is 23.6 Å². The molecule has 0 saturated heterocycles. The Labute approximate surface area is 226 Å². The maximum absolute atomic E-state index is 13.9. The Balaban J connectivity index is 1.82. The zero-order chi connectivity index (χ0) is 27.6. The Morgan fingerprint density at radius 1 is 0.897 bits per heavy atom. The van der Waals surface area contributed by atoms with Gasteiger partial charge in [0.25, 0.3) is 0 Å². The molecule has 0 unspecified atom stereocenters. The minimum Gasteiger partial charge on any atom is -0.488 e. The number of carbonyl (C=O) groups is 2. The predicted molar refractivity (Wildman–Crippen MR) is 150 cm³/mol. The first-order valence-electron chi connectivity index (χ1n) is 12.6. The number of hydrogen-bond acceptors (Lipinski definition) is 4. The fourth-order valence-corrected chi connectivity index (χ4v) is 4.86. The number of esters is 1. The molecule has 0 saturated carbocycles. The molecule has 0 aliphatic rings. The van der Waals surface area contributed by atoms with E-state index in [1.165, 1.54) is 19.2 Å². The molecule has 0 N–H and O–H groups in total. The fourth-order valence-electron chi connectivity index (χ4n) is 4.86. The highest BCUT2D eigenvalue weighted by atomic mass is 19.1. The molecule has 39 heavy (non-hydrogen) atoms. The fraction of sp³-hybridized carbons (Fsp3) is 0.152. The number of benzene rings is 4. The maximum atomic E-state index is 13.9. The first kappa shape index (κ1) is 25.9. The molecule has 0 aliphatic carbocycles. The van der Waals surface area contributed by atoms with E-state index in [9.17, 15) is 14.0 Å². The Hall–Kier alpha value is -4.71. The van der Waals surface area contributed by atoms with Gasteiger partial charge in [-0.15, -0.1) is 0 Å². The summed E-state index contributed by atoms with van der Waals surface area (Å²) in [6, 6.07) is 28.9. The number of ether oxygens (including phenoxy) is 2. The highest BCUT2D eigenvalue weighted by Gasteiger charge is 2.33. The van der Waals surface area contributed by atoms with Gasteiger partial charge in [-0.2, -0.15) is 0 Å². The summed E-state index contributed by atoms with van der Waals surface area (Å²) in [5.41, 5.74) is 4.35. The zero-order valence-electron chi connectivity index (χ0n) is 22.0. The second-order valence-electron chi connectivity index (χ2n) is 9.87. The quantitative estimate of drug-likeness (QED) is 0.159. The third-order valence-electron chi connectivity index (χ3n) is 6.78. The van der Waals surface area contributed by atoms with Gasteiger partial charge in [0.15, 0.2) is 0 Å². The Kier molecular flexibility index (Phi) is 7.03. The van der Waals surface area contributed by atoms with E-state index in [1.807, 2.05) is 79.1 Å². The normalized spacial score (nSPS) is 11.4. The second kappa shape index (κ2) is 10.6. The Morgan fingerprint density at radius 2 is 1.59 bits per heavy atom. The molecule has 5 aromatic rings. The van der Waals surface area contributed by atoms with Crippen molar-refractivity contribution in [3.05, 3.63) is 120 Å². The van der Waals surface area contributed by atoms with Gasteiger partial charge in [-0.3, -0.25) is 0 Å². The van der Waals surface area contributed by atoms with Crippen molar-refractivity contribution in [2.75, 3.05) is 7.11 Å². The van der Waals surface area contributed by atoms with Crippen LogP contribution in [0, 0.1) is 5.82 Å². The molecule has 196 valence electrons. The number of hydrogen-bond donors (Lipinski definition) is 0. The molecule has 5 nitrogen and oxygen atoms in total. The van der Waals surface area contributed by atoms with Crippen molar-refractivity contribution in [3.63, 3.8) is 0 Å². The van der Waals surface area contributed by atoms with Crippen molar-refractivity contribution in [2.45, 2.75) is 25.9 Å². The standard InChI is InChI=1S/C33H28FNO4/c1-33(2,21-36)31-29(23-12-14-24(15-13-23)32(37)38-3)30-27(35(31)26-18-16-25(34)17-19-26)10-7-11-28(30)39-20-22-8-5-4-6-9-22/h4-19,21H,20H2,1-3H3. The van der Waals surface area contributed by atoms with Gasteiger partial charge in [0.2, 0.25) is 0 Å². The molecule has 1 heterocycles. The number of fused-ring (bicyclic) bond motifs is 1.